The number of nitrogens with zero attached hydrogens (tertiary/aromatic N) is 3. The van der Waals surface area contributed by atoms with Crippen LogP contribution in [0.25, 0.3) is 0 Å². The molecular formula is C11H18N4. The lowest BCUT2D eigenvalue weighted by Gasteiger charge is -2.19. The number of hydrogen-bond donors (Lipinski definition) is 1. The molecular weight excluding hydrogens is 188 g/mol. The zero-order valence-corrected chi connectivity index (χ0v) is 9.02. The van der Waals surface area contributed by atoms with E-state index in [0.29, 0.717) is 0 Å². The summed E-state index contributed by atoms with van der Waals surface area (Å²) in [5.41, 5.74) is 7.15. The van der Waals surface area contributed by atoms with Crippen molar-refractivity contribution in [1.29, 1.82) is 0 Å². The molecule has 0 radical (unpaired) electrons. The first-order chi connectivity index (χ1) is 7.26. The standard InChI is InChI=1S/C11H18N4/c12-11(5-1-2-6-11)10-8-15(14-13-10)7-9-3-4-9/h8-9H,1-7,12H2. The lowest BCUT2D eigenvalue weighted by Crippen LogP contribution is -2.33. The predicted octanol–water partition coefficient (Wildman–Crippen LogP) is 1.42. The van der Waals surface area contributed by atoms with E-state index in [1.165, 1.54) is 25.7 Å². The molecule has 1 aromatic rings. The van der Waals surface area contributed by atoms with Crippen molar-refractivity contribution in [1.82, 2.24) is 15.0 Å². The van der Waals surface area contributed by atoms with Crippen molar-refractivity contribution >= 4 is 0 Å². The van der Waals surface area contributed by atoms with E-state index in [1.54, 1.807) is 0 Å². The monoisotopic (exact) mass is 206 g/mol. The SMILES string of the molecule is NC1(c2cn(CC3CC3)nn2)CCCC1. The van der Waals surface area contributed by atoms with Crippen LogP contribution in [0.4, 0.5) is 0 Å². The van der Waals surface area contributed by atoms with Gasteiger partial charge in [0.15, 0.2) is 0 Å². The van der Waals surface area contributed by atoms with Gasteiger partial charge in [-0.3, -0.25) is 4.68 Å². The Balaban J connectivity index is 1.76. The second-order valence-corrected chi connectivity index (χ2v) is 5.13. The van der Waals surface area contributed by atoms with Gasteiger partial charge in [-0.1, -0.05) is 18.1 Å². The smallest absolute Gasteiger partial charge is 0.102 e. The Bertz CT molecular complexity index is 347. The fourth-order valence-electron chi connectivity index (χ4n) is 2.44. The first-order valence-electron chi connectivity index (χ1n) is 5.96. The maximum Gasteiger partial charge on any atom is 0.102 e. The maximum absolute atomic E-state index is 6.32. The molecule has 2 fully saturated rings. The highest BCUT2D eigenvalue weighted by molar-refractivity contribution is 5.11. The molecule has 3 rings (SSSR count). The Morgan fingerprint density at radius 3 is 2.80 bits per heavy atom. The molecule has 0 aliphatic heterocycles. The molecule has 0 unspecified atom stereocenters. The van der Waals surface area contributed by atoms with E-state index < -0.39 is 0 Å². The van der Waals surface area contributed by atoms with Gasteiger partial charge in [-0.15, -0.1) is 5.10 Å². The van der Waals surface area contributed by atoms with Crippen molar-refractivity contribution in [2.45, 2.75) is 50.6 Å². The maximum atomic E-state index is 6.32. The molecule has 4 heteroatoms. The third-order valence-corrected chi connectivity index (χ3v) is 3.69. The van der Waals surface area contributed by atoms with Gasteiger partial charge in [0.2, 0.25) is 0 Å². The molecule has 2 aliphatic carbocycles. The van der Waals surface area contributed by atoms with E-state index in [2.05, 4.69) is 16.5 Å². The van der Waals surface area contributed by atoms with Gasteiger partial charge in [0.05, 0.1) is 11.7 Å². The minimum Gasteiger partial charge on any atom is -0.320 e. The zero-order chi connectivity index (χ0) is 10.3. The molecule has 0 spiro atoms. The van der Waals surface area contributed by atoms with Crippen LogP contribution >= 0.6 is 0 Å². The van der Waals surface area contributed by atoms with Gasteiger partial charge in [-0.25, -0.2) is 0 Å². The molecule has 2 N–H and O–H groups in total. The summed E-state index contributed by atoms with van der Waals surface area (Å²) in [7, 11) is 0. The van der Waals surface area contributed by atoms with E-state index in [1.807, 2.05) is 4.68 Å². The summed E-state index contributed by atoms with van der Waals surface area (Å²) in [5, 5.41) is 8.41. The number of nitrogens with two attached hydrogens (primary N) is 1. The predicted molar refractivity (Wildman–Crippen MR) is 57.1 cm³/mol. The minimum absolute atomic E-state index is 0.179. The van der Waals surface area contributed by atoms with Crippen molar-refractivity contribution in [2.24, 2.45) is 11.7 Å². The normalized spacial score (nSPS) is 24.6. The Labute approximate surface area is 89.8 Å². The Morgan fingerprint density at radius 1 is 1.40 bits per heavy atom. The van der Waals surface area contributed by atoms with Crippen molar-refractivity contribution in [3.63, 3.8) is 0 Å². The van der Waals surface area contributed by atoms with E-state index in [0.717, 1.165) is 31.0 Å². The molecule has 0 atom stereocenters. The van der Waals surface area contributed by atoms with E-state index in [4.69, 9.17) is 5.73 Å². The summed E-state index contributed by atoms with van der Waals surface area (Å²) >= 11 is 0. The van der Waals surface area contributed by atoms with E-state index in [-0.39, 0.29) is 5.54 Å². The molecule has 1 aromatic heterocycles. The van der Waals surface area contributed by atoms with Crippen molar-refractivity contribution in [3.8, 4) is 0 Å². The van der Waals surface area contributed by atoms with Gasteiger partial charge in [-0.2, -0.15) is 0 Å². The molecule has 82 valence electrons. The third kappa shape index (κ3) is 1.78. The van der Waals surface area contributed by atoms with Crippen LogP contribution in [0.15, 0.2) is 6.20 Å². The van der Waals surface area contributed by atoms with E-state index >= 15 is 0 Å². The Hall–Kier alpha value is -0.900. The Kier molecular flexibility index (Phi) is 2.06. The van der Waals surface area contributed by atoms with Gasteiger partial charge in [-0.05, 0) is 31.6 Å². The van der Waals surface area contributed by atoms with Crippen LogP contribution in [0.2, 0.25) is 0 Å². The lowest BCUT2D eigenvalue weighted by atomic mass is 9.96. The molecule has 0 bridgehead atoms. The minimum atomic E-state index is -0.179. The Morgan fingerprint density at radius 2 is 2.13 bits per heavy atom. The van der Waals surface area contributed by atoms with Crippen molar-refractivity contribution in [3.05, 3.63) is 11.9 Å². The summed E-state index contributed by atoms with van der Waals surface area (Å²) < 4.78 is 1.97. The highest BCUT2D eigenvalue weighted by Crippen LogP contribution is 2.35. The average Bonchev–Trinajstić information content (AvgIpc) is 2.73. The van der Waals surface area contributed by atoms with Gasteiger partial charge < -0.3 is 5.73 Å². The number of aromatic nitrogens is 3. The van der Waals surface area contributed by atoms with Gasteiger partial charge in [0, 0.05) is 6.54 Å². The number of hydrogen-bond acceptors (Lipinski definition) is 3. The second kappa shape index (κ2) is 3.30. The van der Waals surface area contributed by atoms with Gasteiger partial charge in [0.25, 0.3) is 0 Å². The van der Waals surface area contributed by atoms with Crippen LogP contribution in [-0.4, -0.2) is 15.0 Å². The van der Waals surface area contributed by atoms with E-state index in [9.17, 15) is 0 Å². The summed E-state index contributed by atoms with van der Waals surface area (Å²) in [6, 6.07) is 0. The fourth-order valence-corrected chi connectivity index (χ4v) is 2.44. The second-order valence-electron chi connectivity index (χ2n) is 5.13. The zero-order valence-electron chi connectivity index (χ0n) is 9.02. The summed E-state index contributed by atoms with van der Waals surface area (Å²) in [6.45, 7) is 1.03. The number of rotatable bonds is 3. The van der Waals surface area contributed by atoms with Crippen molar-refractivity contribution in [2.75, 3.05) is 0 Å². The van der Waals surface area contributed by atoms with Crippen LogP contribution < -0.4 is 5.73 Å². The molecule has 1 heterocycles. The molecule has 2 saturated carbocycles. The topological polar surface area (TPSA) is 56.7 Å². The van der Waals surface area contributed by atoms with Gasteiger partial charge in [0.1, 0.15) is 5.69 Å². The first-order valence-corrected chi connectivity index (χ1v) is 5.96. The molecule has 4 nitrogen and oxygen atoms in total. The molecule has 2 aliphatic rings. The van der Waals surface area contributed by atoms with Crippen LogP contribution in [0.5, 0.6) is 0 Å². The average molecular weight is 206 g/mol. The molecule has 0 amide bonds. The largest absolute Gasteiger partial charge is 0.320 e. The molecule has 15 heavy (non-hydrogen) atoms. The molecule has 0 aromatic carbocycles. The van der Waals surface area contributed by atoms with Crippen LogP contribution in [-0.2, 0) is 12.1 Å². The van der Waals surface area contributed by atoms with Crippen LogP contribution in [0, 0.1) is 5.92 Å². The molecule has 0 saturated heterocycles. The van der Waals surface area contributed by atoms with Crippen LogP contribution in [0.1, 0.15) is 44.2 Å². The highest BCUT2D eigenvalue weighted by atomic mass is 15.4. The first kappa shape index (κ1) is 9.33. The summed E-state index contributed by atoms with van der Waals surface area (Å²) in [4.78, 5) is 0. The lowest BCUT2D eigenvalue weighted by molar-refractivity contribution is 0.446. The van der Waals surface area contributed by atoms with Crippen LogP contribution in [0.3, 0.4) is 0 Å². The quantitative estimate of drug-likeness (QED) is 0.813. The van der Waals surface area contributed by atoms with Gasteiger partial charge >= 0.3 is 0 Å². The summed E-state index contributed by atoms with van der Waals surface area (Å²) in [6.07, 6.45) is 9.35. The summed E-state index contributed by atoms with van der Waals surface area (Å²) in [5.74, 6) is 0.844. The van der Waals surface area contributed by atoms with Crippen molar-refractivity contribution < 1.29 is 0 Å². The fraction of sp³-hybridized carbons (Fsp3) is 0.818. The highest BCUT2D eigenvalue weighted by Gasteiger charge is 2.34. The third-order valence-electron chi connectivity index (χ3n) is 3.69.